The van der Waals surface area contributed by atoms with Crippen molar-refractivity contribution < 1.29 is 5.11 Å². The van der Waals surface area contributed by atoms with Crippen LogP contribution in [0.2, 0.25) is 0 Å². The van der Waals surface area contributed by atoms with Gasteiger partial charge in [0.2, 0.25) is 0 Å². The summed E-state index contributed by atoms with van der Waals surface area (Å²) in [4.78, 5) is 0. The van der Waals surface area contributed by atoms with Crippen LogP contribution in [0, 0.1) is 11.8 Å². The van der Waals surface area contributed by atoms with Crippen molar-refractivity contribution in [1.29, 1.82) is 0 Å². The predicted octanol–water partition coefficient (Wildman–Crippen LogP) is 2.17. The van der Waals surface area contributed by atoms with Crippen LogP contribution in [-0.4, -0.2) is 23.8 Å². The second-order valence-electron chi connectivity index (χ2n) is 4.89. The van der Waals surface area contributed by atoms with Crippen LogP contribution in [0.15, 0.2) is 0 Å². The largest absolute Gasteiger partial charge is 0.396 e. The average molecular weight is 199 g/mol. The molecule has 2 heteroatoms. The molecule has 0 saturated heterocycles. The van der Waals surface area contributed by atoms with E-state index in [1.54, 1.807) is 0 Å². The molecule has 14 heavy (non-hydrogen) atoms. The molecular weight excluding hydrogens is 174 g/mol. The van der Waals surface area contributed by atoms with Crippen LogP contribution in [-0.2, 0) is 0 Å². The Labute approximate surface area is 88.1 Å². The first-order valence-corrected chi connectivity index (χ1v) is 6.06. The first-order chi connectivity index (χ1) is 6.69. The van der Waals surface area contributed by atoms with E-state index >= 15 is 0 Å². The third-order valence-corrected chi connectivity index (χ3v) is 3.25. The molecule has 0 spiro atoms. The molecule has 0 aliphatic heterocycles. The maximum absolute atomic E-state index is 8.93. The van der Waals surface area contributed by atoms with Crippen molar-refractivity contribution in [1.82, 2.24) is 5.32 Å². The van der Waals surface area contributed by atoms with E-state index in [4.69, 9.17) is 5.11 Å². The molecule has 1 rings (SSSR count). The van der Waals surface area contributed by atoms with E-state index in [9.17, 15) is 0 Å². The molecule has 0 amide bonds. The summed E-state index contributed by atoms with van der Waals surface area (Å²) in [5.41, 5.74) is 0. The smallest absolute Gasteiger partial charge is 0.0445 e. The molecule has 0 radical (unpaired) electrons. The van der Waals surface area contributed by atoms with Crippen LogP contribution >= 0.6 is 0 Å². The van der Waals surface area contributed by atoms with Crippen LogP contribution in [0.25, 0.3) is 0 Å². The molecule has 84 valence electrons. The van der Waals surface area contributed by atoms with Crippen LogP contribution in [0.5, 0.6) is 0 Å². The molecule has 1 aliphatic carbocycles. The maximum atomic E-state index is 8.93. The van der Waals surface area contributed by atoms with Crippen molar-refractivity contribution in [2.45, 2.75) is 58.5 Å². The summed E-state index contributed by atoms with van der Waals surface area (Å²) >= 11 is 0. The molecule has 1 aliphatic rings. The molecule has 0 heterocycles. The minimum atomic E-state index is 0.307. The van der Waals surface area contributed by atoms with E-state index in [1.165, 1.54) is 12.8 Å². The van der Waals surface area contributed by atoms with Crippen molar-refractivity contribution in [3.63, 3.8) is 0 Å². The monoisotopic (exact) mass is 199 g/mol. The third kappa shape index (κ3) is 3.58. The lowest BCUT2D eigenvalue weighted by molar-refractivity contribution is 0.238. The number of aliphatic hydroxyl groups excluding tert-OH is 1. The number of aliphatic hydroxyl groups is 1. The van der Waals surface area contributed by atoms with Gasteiger partial charge in [0.05, 0.1) is 0 Å². The molecule has 1 saturated carbocycles. The first kappa shape index (κ1) is 12.0. The molecule has 0 aromatic carbocycles. The molecule has 2 nitrogen and oxygen atoms in total. The second-order valence-corrected chi connectivity index (χ2v) is 4.89. The van der Waals surface area contributed by atoms with Crippen molar-refractivity contribution in [2.24, 2.45) is 11.8 Å². The van der Waals surface area contributed by atoms with Crippen LogP contribution in [0.4, 0.5) is 0 Å². The van der Waals surface area contributed by atoms with E-state index < -0.39 is 0 Å². The van der Waals surface area contributed by atoms with Gasteiger partial charge < -0.3 is 10.4 Å². The van der Waals surface area contributed by atoms with Gasteiger partial charge in [-0.05, 0) is 37.5 Å². The van der Waals surface area contributed by atoms with E-state index in [0.717, 1.165) is 24.7 Å². The van der Waals surface area contributed by atoms with Gasteiger partial charge in [0.1, 0.15) is 0 Å². The van der Waals surface area contributed by atoms with Gasteiger partial charge >= 0.3 is 0 Å². The Hall–Kier alpha value is -0.0800. The molecule has 2 unspecified atom stereocenters. The van der Waals surface area contributed by atoms with Crippen LogP contribution in [0.3, 0.4) is 0 Å². The van der Waals surface area contributed by atoms with Gasteiger partial charge in [-0.3, -0.25) is 0 Å². The molecule has 0 aromatic heterocycles. The highest BCUT2D eigenvalue weighted by Crippen LogP contribution is 2.36. The van der Waals surface area contributed by atoms with Gasteiger partial charge in [0.25, 0.3) is 0 Å². The third-order valence-electron chi connectivity index (χ3n) is 3.25. The molecule has 1 fully saturated rings. The minimum absolute atomic E-state index is 0.307. The quantitative estimate of drug-likeness (QED) is 0.658. The lowest BCUT2D eigenvalue weighted by atomic mass is 9.97. The summed E-state index contributed by atoms with van der Waals surface area (Å²) in [6.45, 7) is 7.09. The van der Waals surface area contributed by atoms with Crippen LogP contribution < -0.4 is 5.32 Å². The minimum Gasteiger partial charge on any atom is -0.396 e. The number of rotatable bonds is 7. The summed E-state index contributed by atoms with van der Waals surface area (Å²) in [6, 6.07) is 1.18. The molecule has 2 N–H and O–H groups in total. The lowest BCUT2D eigenvalue weighted by Crippen LogP contribution is -2.43. The summed E-state index contributed by atoms with van der Waals surface area (Å²) in [5, 5.41) is 12.6. The fourth-order valence-corrected chi connectivity index (χ4v) is 2.16. The van der Waals surface area contributed by atoms with Gasteiger partial charge in [0, 0.05) is 18.7 Å². The summed E-state index contributed by atoms with van der Waals surface area (Å²) < 4.78 is 0. The van der Waals surface area contributed by atoms with E-state index in [-0.39, 0.29) is 0 Å². The molecule has 2 atom stereocenters. The Morgan fingerprint density at radius 2 is 2.00 bits per heavy atom. The lowest BCUT2D eigenvalue weighted by Gasteiger charge is -2.27. The fourth-order valence-electron chi connectivity index (χ4n) is 2.16. The van der Waals surface area contributed by atoms with Crippen molar-refractivity contribution in [3.8, 4) is 0 Å². The second kappa shape index (κ2) is 5.72. The van der Waals surface area contributed by atoms with Gasteiger partial charge in [-0.25, -0.2) is 0 Å². The van der Waals surface area contributed by atoms with Crippen molar-refractivity contribution in [3.05, 3.63) is 0 Å². The Morgan fingerprint density at radius 3 is 2.36 bits per heavy atom. The number of hydrogen-bond donors (Lipinski definition) is 2. The van der Waals surface area contributed by atoms with Gasteiger partial charge in [-0.1, -0.05) is 20.8 Å². The summed E-state index contributed by atoms with van der Waals surface area (Å²) in [6.07, 6.45) is 4.81. The highest BCUT2D eigenvalue weighted by molar-refractivity contribution is 4.89. The number of nitrogens with one attached hydrogen (secondary N) is 1. The first-order valence-electron chi connectivity index (χ1n) is 6.06. The average Bonchev–Trinajstić information content (AvgIpc) is 2.94. The Balaban J connectivity index is 2.35. The molecular formula is C12H25NO. The molecule has 0 bridgehead atoms. The van der Waals surface area contributed by atoms with E-state index in [1.807, 2.05) is 0 Å². The fraction of sp³-hybridized carbons (Fsp3) is 1.00. The van der Waals surface area contributed by atoms with Crippen LogP contribution in [0.1, 0.15) is 46.5 Å². The van der Waals surface area contributed by atoms with E-state index in [0.29, 0.717) is 18.7 Å². The number of hydrogen-bond acceptors (Lipinski definition) is 2. The zero-order chi connectivity index (χ0) is 10.6. The normalized spacial score (nSPS) is 21.2. The Morgan fingerprint density at radius 1 is 1.36 bits per heavy atom. The summed E-state index contributed by atoms with van der Waals surface area (Å²) in [7, 11) is 0. The Bertz CT molecular complexity index is 152. The highest BCUT2D eigenvalue weighted by Gasteiger charge is 2.33. The zero-order valence-corrected chi connectivity index (χ0v) is 9.79. The van der Waals surface area contributed by atoms with Gasteiger partial charge in [-0.15, -0.1) is 0 Å². The maximum Gasteiger partial charge on any atom is 0.0445 e. The standard InChI is InChI=1S/C12H25NO/c1-4-11(7-8-14)13-12(9(2)3)10-5-6-10/h9-14H,4-8H2,1-3H3. The van der Waals surface area contributed by atoms with E-state index in [2.05, 4.69) is 26.1 Å². The van der Waals surface area contributed by atoms with Gasteiger partial charge in [-0.2, -0.15) is 0 Å². The summed E-state index contributed by atoms with van der Waals surface area (Å²) in [5.74, 6) is 1.62. The Kier molecular flexibility index (Phi) is 4.90. The molecule has 0 aromatic rings. The zero-order valence-electron chi connectivity index (χ0n) is 9.79. The topological polar surface area (TPSA) is 32.3 Å². The van der Waals surface area contributed by atoms with Crippen molar-refractivity contribution >= 4 is 0 Å². The SMILES string of the molecule is CCC(CCO)NC(C(C)C)C1CC1. The van der Waals surface area contributed by atoms with Crippen molar-refractivity contribution in [2.75, 3.05) is 6.61 Å². The van der Waals surface area contributed by atoms with Gasteiger partial charge in [0.15, 0.2) is 0 Å². The predicted molar refractivity (Wildman–Crippen MR) is 60.3 cm³/mol. The highest BCUT2D eigenvalue weighted by atomic mass is 16.3.